The molecule has 18 heavy (non-hydrogen) atoms. The number of rotatable bonds is 1. The van der Waals surface area contributed by atoms with E-state index in [2.05, 4.69) is 22.0 Å². The van der Waals surface area contributed by atoms with E-state index < -0.39 is 0 Å². The van der Waals surface area contributed by atoms with Gasteiger partial charge in [0.1, 0.15) is 0 Å². The molecule has 3 heteroatoms. The molecule has 2 N–H and O–H groups in total. The second-order valence-corrected chi connectivity index (χ2v) is 5.00. The first-order chi connectivity index (χ1) is 8.86. The summed E-state index contributed by atoms with van der Waals surface area (Å²) in [5.74, 6) is 0. The van der Waals surface area contributed by atoms with Crippen LogP contribution in [0.15, 0.2) is 30.6 Å². The molecule has 0 atom stereocenters. The lowest BCUT2D eigenvalue weighted by Crippen LogP contribution is -2.24. The lowest BCUT2D eigenvalue weighted by atomic mass is 10.1. The SMILES string of the molecule is Nc1ccc(N2CCCCCC2)c2ccncc12. The number of aromatic nitrogens is 1. The van der Waals surface area contributed by atoms with Crippen molar-refractivity contribution >= 4 is 22.1 Å². The third kappa shape index (κ3) is 2.01. The molecule has 3 rings (SSSR count). The molecule has 0 amide bonds. The van der Waals surface area contributed by atoms with Gasteiger partial charge in [-0.25, -0.2) is 0 Å². The van der Waals surface area contributed by atoms with Crippen LogP contribution in [0, 0.1) is 0 Å². The summed E-state index contributed by atoms with van der Waals surface area (Å²) in [6.07, 6.45) is 9.00. The largest absolute Gasteiger partial charge is 0.398 e. The van der Waals surface area contributed by atoms with Crippen molar-refractivity contribution < 1.29 is 0 Å². The minimum absolute atomic E-state index is 0.816. The summed E-state index contributed by atoms with van der Waals surface area (Å²) in [7, 11) is 0. The number of pyridine rings is 1. The zero-order valence-corrected chi connectivity index (χ0v) is 10.6. The molecule has 1 aromatic carbocycles. The van der Waals surface area contributed by atoms with E-state index in [-0.39, 0.29) is 0 Å². The Balaban J connectivity index is 2.08. The van der Waals surface area contributed by atoms with Crippen molar-refractivity contribution in [2.24, 2.45) is 0 Å². The molecule has 1 saturated heterocycles. The molecule has 2 heterocycles. The van der Waals surface area contributed by atoms with E-state index in [9.17, 15) is 0 Å². The zero-order chi connectivity index (χ0) is 12.4. The topological polar surface area (TPSA) is 42.1 Å². The van der Waals surface area contributed by atoms with Crippen molar-refractivity contribution in [3.05, 3.63) is 30.6 Å². The number of nitrogens with two attached hydrogens (primary N) is 1. The van der Waals surface area contributed by atoms with Crippen LogP contribution in [0.25, 0.3) is 10.8 Å². The Morgan fingerprint density at radius 3 is 2.50 bits per heavy atom. The molecule has 0 spiro atoms. The molecule has 1 fully saturated rings. The van der Waals surface area contributed by atoms with Gasteiger partial charge in [0.15, 0.2) is 0 Å². The van der Waals surface area contributed by atoms with Gasteiger partial charge in [-0.1, -0.05) is 12.8 Å². The fourth-order valence-corrected chi connectivity index (χ4v) is 2.78. The zero-order valence-electron chi connectivity index (χ0n) is 10.6. The standard InChI is InChI=1S/C15H19N3/c16-14-5-6-15(12-7-8-17-11-13(12)14)18-9-3-1-2-4-10-18/h5-8,11H,1-4,9-10,16H2. The van der Waals surface area contributed by atoms with Crippen molar-refractivity contribution in [1.29, 1.82) is 0 Å². The van der Waals surface area contributed by atoms with Crippen LogP contribution in [0.3, 0.4) is 0 Å². The first-order valence-electron chi connectivity index (χ1n) is 6.73. The van der Waals surface area contributed by atoms with Gasteiger partial charge in [-0.15, -0.1) is 0 Å². The Hall–Kier alpha value is -1.77. The Morgan fingerprint density at radius 1 is 0.944 bits per heavy atom. The maximum atomic E-state index is 6.03. The predicted molar refractivity (Wildman–Crippen MR) is 76.8 cm³/mol. The van der Waals surface area contributed by atoms with Gasteiger partial charge in [-0.2, -0.15) is 0 Å². The summed E-state index contributed by atoms with van der Waals surface area (Å²) < 4.78 is 0. The number of nitrogen functional groups attached to an aromatic ring is 1. The van der Waals surface area contributed by atoms with Crippen LogP contribution in [-0.2, 0) is 0 Å². The molecule has 0 radical (unpaired) electrons. The first-order valence-corrected chi connectivity index (χ1v) is 6.73. The number of benzene rings is 1. The predicted octanol–water partition coefficient (Wildman–Crippen LogP) is 3.20. The van der Waals surface area contributed by atoms with Crippen LogP contribution in [0.4, 0.5) is 11.4 Å². The molecule has 94 valence electrons. The van der Waals surface area contributed by atoms with Crippen LogP contribution >= 0.6 is 0 Å². The number of hydrogen-bond donors (Lipinski definition) is 1. The fourth-order valence-electron chi connectivity index (χ4n) is 2.78. The van der Waals surface area contributed by atoms with E-state index in [1.807, 2.05) is 18.5 Å². The van der Waals surface area contributed by atoms with E-state index in [1.165, 1.54) is 36.8 Å². The average Bonchev–Trinajstić information content (AvgIpc) is 2.68. The summed E-state index contributed by atoms with van der Waals surface area (Å²) in [6, 6.07) is 6.24. The van der Waals surface area contributed by atoms with E-state index in [0.29, 0.717) is 0 Å². The lowest BCUT2D eigenvalue weighted by molar-refractivity contribution is 0.726. The van der Waals surface area contributed by atoms with Crippen molar-refractivity contribution in [1.82, 2.24) is 4.98 Å². The maximum Gasteiger partial charge on any atom is 0.0448 e. The summed E-state index contributed by atoms with van der Waals surface area (Å²) in [6.45, 7) is 2.31. The molecular weight excluding hydrogens is 222 g/mol. The Kier molecular flexibility index (Phi) is 3.05. The van der Waals surface area contributed by atoms with Crippen molar-refractivity contribution in [3.63, 3.8) is 0 Å². The first kappa shape index (κ1) is 11.3. The second-order valence-electron chi connectivity index (χ2n) is 5.00. The molecule has 1 aliphatic heterocycles. The van der Waals surface area contributed by atoms with Crippen molar-refractivity contribution in [2.45, 2.75) is 25.7 Å². The van der Waals surface area contributed by atoms with E-state index >= 15 is 0 Å². The Labute approximate surface area is 108 Å². The molecule has 0 saturated carbocycles. The number of fused-ring (bicyclic) bond motifs is 1. The molecule has 1 aromatic heterocycles. The highest BCUT2D eigenvalue weighted by atomic mass is 15.1. The molecule has 0 aliphatic carbocycles. The van der Waals surface area contributed by atoms with E-state index in [4.69, 9.17) is 5.73 Å². The van der Waals surface area contributed by atoms with Crippen LogP contribution in [-0.4, -0.2) is 18.1 Å². The number of nitrogens with zero attached hydrogens (tertiary/aromatic N) is 2. The summed E-state index contributed by atoms with van der Waals surface area (Å²) in [4.78, 5) is 6.67. The monoisotopic (exact) mass is 241 g/mol. The van der Waals surface area contributed by atoms with Crippen LogP contribution in [0.5, 0.6) is 0 Å². The van der Waals surface area contributed by atoms with Gasteiger partial charge >= 0.3 is 0 Å². The van der Waals surface area contributed by atoms with E-state index in [1.54, 1.807) is 0 Å². The van der Waals surface area contributed by atoms with Gasteiger partial charge in [0.2, 0.25) is 0 Å². The normalized spacial score (nSPS) is 16.8. The fraction of sp³-hybridized carbons (Fsp3) is 0.400. The highest BCUT2D eigenvalue weighted by Gasteiger charge is 2.13. The van der Waals surface area contributed by atoms with Gasteiger partial charge in [0.05, 0.1) is 0 Å². The minimum atomic E-state index is 0.816. The van der Waals surface area contributed by atoms with E-state index in [0.717, 1.165) is 24.2 Å². The molecule has 3 nitrogen and oxygen atoms in total. The highest BCUT2D eigenvalue weighted by molar-refractivity contribution is 6.00. The molecule has 0 bridgehead atoms. The lowest BCUT2D eigenvalue weighted by Gasteiger charge is -2.24. The summed E-state index contributed by atoms with van der Waals surface area (Å²) in [5, 5.41) is 2.30. The van der Waals surface area contributed by atoms with Crippen LogP contribution < -0.4 is 10.6 Å². The second kappa shape index (κ2) is 4.84. The highest BCUT2D eigenvalue weighted by Crippen LogP contribution is 2.31. The summed E-state index contributed by atoms with van der Waals surface area (Å²) >= 11 is 0. The smallest absolute Gasteiger partial charge is 0.0448 e. The summed E-state index contributed by atoms with van der Waals surface area (Å²) in [5.41, 5.74) is 8.15. The third-order valence-electron chi connectivity index (χ3n) is 3.78. The molecule has 1 aliphatic rings. The average molecular weight is 241 g/mol. The maximum absolute atomic E-state index is 6.03. The quantitative estimate of drug-likeness (QED) is 0.780. The van der Waals surface area contributed by atoms with Crippen LogP contribution in [0.2, 0.25) is 0 Å². The number of anilines is 2. The Bertz CT molecular complexity index is 542. The Morgan fingerprint density at radius 2 is 1.72 bits per heavy atom. The van der Waals surface area contributed by atoms with Gasteiger partial charge in [0, 0.05) is 47.6 Å². The third-order valence-corrected chi connectivity index (χ3v) is 3.78. The molecule has 2 aromatic rings. The van der Waals surface area contributed by atoms with Crippen molar-refractivity contribution in [3.8, 4) is 0 Å². The minimum Gasteiger partial charge on any atom is -0.398 e. The number of hydrogen-bond acceptors (Lipinski definition) is 3. The molecule has 0 unspecified atom stereocenters. The van der Waals surface area contributed by atoms with Crippen LogP contribution in [0.1, 0.15) is 25.7 Å². The van der Waals surface area contributed by atoms with Gasteiger partial charge in [0.25, 0.3) is 0 Å². The van der Waals surface area contributed by atoms with Crippen molar-refractivity contribution in [2.75, 3.05) is 23.7 Å². The van der Waals surface area contributed by atoms with Gasteiger partial charge < -0.3 is 10.6 Å². The van der Waals surface area contributed by atoms with Gasteiger partial charge in [-0.3, -0.25) is 4.98 Å². The molecular formula is C15H19N3. The van der Waals surface area contributed by atoms with Gasteiger partial charge in [-0.05, 0) is 31.0 Å².